The molecule has 2 rings (SSSR count). The summed E-state index contributed by atoms with van der Waals surface area (Å²) >= 11 is 0. The lowest BCUT2D eigenvalue weighted by Gasteiger charge is -2.21. The minimum absolute atomic E-state index is 0.443. The maximum absolute atomic E-state index is 13.0. The van der Waals surface area contributed by atoms with Crippen LogP contribution in [0.4, 0.5) is 13.6 Å². The standard InChI is InChI=1S/C12H14F2.CH2O3/c13-11-7-6-10(8-12(11)14)9-4-2-1-3-5-9;2-1(3)4/h6-9H,1-5H2;(H2,2,3,4). The smallest absolute Gasteiger partial charge is 0.450 e. The zero-order valence-corrected chi connectivity index (χ0v) is 9.90. The maximum Gasteiger partial charge on any atom is 0.503 e. The molecule has 0 unspecified atom stereocenters. The van der Waals surface area contributed by atoms with Gasteiger partial charge in [0.25, 0.3) is 0 Å². The minimum Gasteiger partial charge on any atom is -0.450 e. The zero-order chi connectivity index (χ0) is 13.5. The van der Waals surface area contributed by atoms with E-state index in [4.69, 9.17) is 15.0 Å². The van der Waals surface area contributed by atoms with Crippen molar-refractivity contribution in [3.8, 4) is 0 Å². The highest BCUT2D eigenvalue weighted by Gasteiger charge is 2.16. The third-order valence-electron chi connectivity index (χ3n) is 3.02. The lowest BCUT2D eigenvalue weighted by Crippen LogP contribution is -2.05. The fourth-order valence-corrected chi connectivity index (χ4v) is 2.20. The predicted octanol–water partition coefficient (Wildman–Crippen LogP) is 4.23. The van der Waals surface area contributed by atoms with Gasteiger partial charge < -0.3 is 10.2 Å². The highest BCUT2D eigenvalue weighted by Crippen LogP contribution is 2.32. The molecule has 1 saturated carbocycles. The molecule has 100 valence electrons. The highest BCUT2D eigenvalue weighted by molar-refractivity contribution is 5.53. The van der Waals surface area contributed by atoms with Crippen molar-refractivity contribution in [2.75, 3.05) is 0 Å². The van der Waals surface area contributed by atoms with Crippen molar-refractivity contribution < 1.29 is 23.8 Å². The van der Waals surface area contributed by atoms with Crippen molar-refractivity contribution in [3.63, 3.8) is 0 Å². The van der Waals surface area contributed by atoms with Gasteiger partial charge in [-0.3, -0.25) is 0 Å². The Bertz CT molecular complexity index is 397. The third kappa shape index (κ3) is 4.69. The van der Waals surface area contributed by atoms with Crippen LogP contribution in [0.5, 0.6) is 0 Å². The number of carboxylic acid groups (broad SMARTS) is 2. The second kappa shape index (κ2) is 6.93. The first-order chi connectivity index (χ1) is 8.50. The average Bonchev–Trinajstić information content (AvgIpc) is 2.33. The van der Waals surface area contributed by atoms with Gasteiger partial charge in [0, 0.05) is 0 Å². The van der Waals surface area contributed by atoms with Crippen molar-refractivity contribution in [1.29, 1.82) is 0 Å². The van der Waals surface area contributed by atoms with Crippen LogP contribution < -0.4 is 0 Å². The van der Waals surface area contributed by atoms with E-state index in [-0.39, 0.29) is 0 Å². The summed E-state index contributed by atoms with van der Waals surface area (Å²) in [5.74, 6) is -1.02. The molecule has 0 saturated heterocycles. The Labute approximate surface area is 104 Å². The van der Waals surface area contributed by atoms with E-state index in [1.165, 1.54) is 31.4 Å². The number of hydrogen-bond donors (Lipinski definition) is 2. The van der Waals surface area contributed by atoms with E-state index in [0.717, 1.165) is 18.4 Å². The van der Waals surface area contributed by atoms with Gasteiger partial charge in [-0.25, -0.2) is 13.6 Å². The second-order valence-electron chi connectivity index (χ2n) is 4.29. The number of hydrogen-bond acceptors (Lipinski definition) is 1. The van der Waals surface area contributed by atoms with Gasteiger partial charge in [0.2, 0.25) is 0 Å². The van der Waals surface area contributed by atoms with Gasteiger partial charge in [-0.2, -0.15) is 0 Å². The number of benzene rings is 1. The van der Waals surface area contributed by atoms with Crippen LogP contribution in [-0.2, 0) is 0 Å². The summed E-state index contributed by atoms with van der Waals surface area (Å²) in [4.78, 5) is 8.56. The molecule has 0 aromatic heterocycles. The zero-order valence-electron chi connectivity index (χ0n) is 9.90. The molecule has 18 heavy (non-hydrogen) atoms. The van der Waals surface area contributed by atoms with Crippen molar-refractivity contribution >= 4 is 6.16 Å². The maximum atomic E-state index is 13.0. The molecule has 1 fully saturated rings. The normalized spacial score (nSPS) is 15.7. The summed E-state index contributed by atoms with van der Waals surface area (Å²) < 4.78 is 25.7. The van der Waals surface area contributed by atoms with E-state index in [2.05, 4.69) is 0 Å². The molecule has 1 aliphatic rings. The average molecular weight is 258 g/mol. The van der Waals surface area contributed by atoms with Gasteiger partial charge in [0.15, 0.2) is 11.6 Å². The lowest BCUT2D eigenvalue weighted by molar-refractivity contribution is 0.137. The molecule has 0 aliphatic heterocycles. The van der Waals surface area contributed by atoms with E-state index in [1.54, 1.807) is 6.07 Å². The molecule has 3 nitrogen and oxygen atoms in total. The Morgan fingerprint density at radius 1 is 1.06 bits per heavy atom. The summed E-state index contributed by atoms with van der Waals surface area (Å²) in [6, 6.07) is 4.30. The van der Waals surface area contributed by atoms with E-state index < -0.39 is 17.8 Å². The first-order valence-corrected chi connectivity index (χ1v) is 5.87. The SMILES string of the molecule is Fc1ccc(C2CCCCC2)cc1F.O=C(O)O. The number of halogens is 2. The lowest BCUT2D eigenvalue weighted by atomic mass is 9.84. The summed E-state index contributed by atoms with van der Waals surface area (Å²) in [6.45, 7) is 0. The van der Waals surface area contributed by atoms with Crippen LogP contribution in [0.25, 0.3) is 0 Å². The van der Waals surface area contributed by atoms with Gasteiger partial charge in [-0.1, -0.05) is 25.3 Å². The first kappa shape index (κ1) is 14.4. The molecule has 0 bridgehead atoms. The topological polar surface area (TPSA) is 57.5 Å². The Kier molecular flexibility index (Phi) is 5.55. The van der Waals surface area contributed by atoms with E-state index in [0.29, 0.717) is 5.92 Å². The fraction of sp³-hybridized carbons (Fsp3) is 0.462. The molecular weight excluding hydrogens is 242 g/mol. The molecule has 1 aromatic rings. The Balaban J connectivity index is 0.000000357. The molecule has 0 atom stereocenters. The van der Waals surface area contributed by atoms with Gasteiger partial charge in [-0.05, 0) is 36.5 Å². The van der Waals surface area contributed by atoms with Crippen molar-refractivity contribution in [3.05, 3.63) is 35.4 Å². The molecule has 1 aliphatic carbocycles. The van der Waals surface area contributed by atoms with Gasteiger partial charge in [-0.15, -0.1) is 0 Å². The summed E-state index contributed by atoms with van der Waals surface area (Å²) in [6.07, 6.45) is 4.10. The van der Waals surface area contributed by atoms with Gasteiger partial charge in [0.1, 0.15) is 0 Å². The van der Waals surface area contributed by atoms with Crippen LogP contribution in [0, 0.1) is 11.6 Å². The predicted molar refractivity (Wildman–Crippen MR) is 62.8 cm³/mol. The van der Waals surface area contributed by atoms with Crippen LogP contribution in [0.2, 0.25) is 0 Å². The Morgan fingerprint density at radius 3 is 2.11 bits per heavy atom. The molecule has 1 aromatic carbocycles. The molecule has 5 heteroatoms. The van der Waals surface area contributed by atoms with Gasteiger partial charge >= 0.3 is 6.16 Å². The quantitative estimate of drug-likeness (QED) is 0.792. The third-order valence-corrected chi connectivity index (χ3v) is 3.02. The van der Waals surface area contributed by atoms with Crippen molar-refractivity contribution in [1.82, 2.24) is 0 Å². The number of carbonyl (C=O) groups is 1. The van der Waals surface area contributed by atoms with Crippen LogP contribution in [0.3, 0.4) is 0 Å². The largest absolute Gasteiger partial charge is 0.503 e. The molecule has 0 spiro atoms. The molecule has 2 N–H and O–H groups in total. The molecule has 0 amide bonds. The Morgan fingerprint density at radius 2 is 1.61 bits per heavy atom. The fourth-order valence-electron chi connectivity index (χ4n) is 2.20. The Hall–Kier alpha value is -1.65. The molecule has 0 radical (unpaired) electrons. The summed E-state index contributed by atoms with van der Waals surface area (Å²) in [5, 5.41) is 13.9. The summed E-state index contributed by atoms with van der Waals surface area (Å²) in [7, 11) is 0. The monoisotopic (exact) mass is 258 g/mol. The molecular formula is C13H16F2O3. The minimum atomic E-state index is -1.83. The summed E-state index contributed by atoms with van der Waals surface area (Å²) in [5.41, 5.74) is 0.962. The second-order valence-corrected chi connectivity index (χ2v) is 4.29. The van der Waals surface area contributed by atoms with E-state index >= 15 is 0 Å². The van der Waals surface area contributed by atoms with E-state index in [9.17, 15) is 8.78 Å². The van der Waals surface area contributed by atoms with Crippen LogP contribution in [-0.4, -0.2) is 16.4 Å². The van der Waals surface area contributed by atoms with Crippen molar-refractivity contribution in [2.24, 2.45) is 0 Å². The first-order valence-electron chi connectivity index (χ1n) is 5.87. The van der Waals surface area contributed by atoms with E-state index in [1.807, 2.05) is 0 Å². The van der Waals surface area contributed by atoms with Crippen LogP contribution >= 0.6 is 0 Å². The highest BCUT2D eigenvalue weighted by atomic mass is 19.2. The number of rotatable bonds is 1. The van der Waals surface area contributed by atoms with Crippen LogP contribution in [0.15, 0.2) is 18.2 Å². The van der Waals surface area contributed by atoms with Crippen molar-refractivity contribution in [2.45, 2.75) is 38.0 Å². The van der Waals surface area contributed by atoms with Gasteiger partial charge in [0.05, 0.1) is 0 Å². The van der Waals surface area contributed by atoms with Crippen LogP contribution in [0.1, 0.15) is 43.6 Å². The molecule has 0 heterocycles.